The third-order valence-electron chi connectivity index (χ3n) is 5.30. The zero-order chi connectivity index (χ0) is 23.4. The molecule has 0 spiro atoms. The van der Waals surface area contributed by atoms with E-state index >= 15 is 0 Å². The molecule has 4 amide bonds. The lowest BCUT2D eigenvalue weighted by atomic mass is 9.92. The third-order valence-corrected chi connectivity index (χ3v) is 5.30. The van der Waals surface area contributed by atoms with E-state index in [0.29, 0.717) is 27.4 Å². The van der Waals surface area contributed by atoms with Gasteiger partial charge in [0.05, 0.1) is 0 Å². The second-order valence-corrected chi connectivity index (χ2v) is 7.60. The number of carbonyl (C=O) groups is 4. The van der Waals surface area contributed by atoms with Gasteiger partial charge < -0.3 is 10.1 Å². The summed E-state index contributed by atoms with van der Waals surface area (Å²) >= 11 is 0. The van der Waals surface area contributed by atoms with Crippen molar-refractivity contribution in [1.29, 1.82) is 0 Å². The molecule has 1 aliphatic rings. The molecule has 0 radical (unpaired) electrons. The number of carbonyl (C=O) groups excluding carboxylic acids is 4. The molecule has 8 nitrogen and oxygen atoms in total. The lowest BCUT2D eigenvalue weighted by molar-refractivity contribution is -0.139. The Bertz CT molecular complexity index is 1200. The number of ketones is 1. The number of benzene rings is 3. The van der Waals surface area contributed by atoms with Crippen LogP contribution in [0.4, 0.5) is 4.79 Å². The lowest BCUT2D eigenvalue weighted by Gasteiger charge is -2.22. The highest BCUT2D eigenvalue weighted by Gasteiger charge is 2.49. The van der Waals surface area contributed by atoms with E-state index in [4.69, 9.17) is 4.74 Å². The summed E-state index contributed by atoms with van der Waals surface area (Å²) in [5, 5.41) is 3.26. The number of urea groups is 1. The van der Waals surface area contributed by atoms with Crippen molar-refractivity contribution in [1.82, 2.24) is 15.8 Å². The monoisotopic (exact) mass is 443 g/mol. The second-order valence-electron chi connectivity index (χ2n) is 7.60. The molecule has 2 N–H and O–H groups in total. The molecule has 1 aliphatic heterocycles. The van der Waals surface area contributed by atoms with E-state index < -0.39 is 30.0 Å². The molecule has 8 heteroatoms. The van der Waals surface area contributed by atoms with Crippen molar-refractivity contribution in [2.75, 3.05) is 6.61 Å². The number of amides is 4. The van der Waals surface area contributed by atoms with Crippen LogP contribution >= 0.6 is 0 Å². The first-order chi connectivity index (χ1) is 15.9. The maximum atomic E-state index is 12.8. The summed E-state index contributed by atoms with van der Waals surface area (Å²) in [5.41, 5.74) is 2.65. The molecule has 1 fully saturated rings. The van der Waals surface area contributed by atoms with Gasteiger partial charge >= 0.3 is 6.03 Å². The minimum atomic E-state index is -1.28. The van der Waals surface area contributed by atoms with Crippen LogP contribution in [0.15, 0.2) is 84.9 Å². The third kappa shape index (κ3) is 4.45. The van der Waals surface area contributed by atoms with E-state index in [1.54, 1.807) is 85.8 Å². The fourth-order valence-corrected chi connectivity index (χ4v) is 3.47. The van der Waals surface area contributed by atoms with Crippen molar-refractivity contribution in [2.45, 2.75) is 12.5 Å². The molecule has 1 heterocycles. The van der Waals surface area contributed by atoms with Crippen LogP contribution in [-0.2, 0) is 15.1 Å². The van der Waals surface area contributed by atoms with Gasteiger partial charge in [-0.1, -0.05) is 60.7 Å². The maximum absolute atomic E-state index is 12.8. The first-order valence-electron chi connectivity index (χ1n) is 10.2. The van der Waals surface area contributed by atoms with Crippen LogP contribution in [0.3, 0.4) is 0 Å². The highest BCUT2D eigenvalue weighted by Crippen LogP contribution is 2.27. The van der Waals surface area contributed by atoms with E-state index in [0.717, 1.165) is 0 Å². The van der Waals surface area contributed by atoms with Crippen LogP contribution < -0.4 is 15.5 Å². The van der Waals surface area contributed by atoms with Crippen molar-refractivity contribution in [3.8, 4) is 5.75 Å². The predicted octanol–water partition coefficient (Wildman–Crippen LogP) is 2.79. The SMILES string of the molecule is C[C@]1(c2ccccc2)NC(=O)N(NC(=O)COc2ccc(C(=O)c3ccccc3)cc2)C1=O. The predicted molar refractivity (Wildman–Crippen MR) is 119 cm³/mol. The van der Waals surface area contributed by atoms with Gasteiger partial charge in [-0.05, 0) is 36.8 Å². The molecule has 166 valence electrons. The van der Waals surface area contributed by atoms with Crippen LogP contribution in [0.5, 0.6) is 5.75 Å². The van der Waals surface area contributed by atoms with Crippen molar-refractivity contribution in [3.05, 3.63) is 102 Å². The van der Waals surface area contributed by atoms with Gasteiger partial charge in [-0.25, -0.2) is 4.79 Å². The molecule has 3 aromatic carbocycles. The Morgan fingerprint density at radius 3 is 2.09 bits per heavy atom. The van der Waals surface area contributed by atoms with Crippen LogP contribution in [0, 0.1) is 0 Å². The molecule has 4 rings (SSSR count). The lowest BCUT2D eigenvalue weighted by Crippen LogP contribution is -2.49. The number of nitrogens with one attached hydrogen (secondary N) is 2. The minimum Gasteiger partial charge on any atom is -0.484 e. The smallest absolute Gasteiger partial charge is 0.344 e. The Morgan fingerprint density at radius 2 is 1.45 bits per heavy atom. The van der Waals surface area contributed by atoms with E-state index in [1.165, 1.54) is 0 Å². The summed E-state index contributed by atoms with van der Waals surface area (Å²) in [7, 11) is 0. The molecule has 0 aromatic heterocycles. The van der Waals surface area contributed by atoms with E-state index in [9.17, 15) is 19.2 Å². The second kappa shape index (κ2) is 8.96. The Kier molecular flexibility index (Phi) is 5.91. The van der Waals surface area contributed by atoms with Crippen molar-refractivity contribution in [2.24, 2.45) is 0 Å². The van der Waals surface area contributed by atoms with E-state index in [-0.39, 0.29) is 5.78 Å². The number of imide groups is 1. The average Bonchev–Trinajstić information content (AvgIpc) is 3.07. The van der Waals surface area contributed by atoms with E-state index in [2.05, 4.69) is 10.7 Å². The molecule has 0 saturated carbocycles. The van der Waals surface area contributed by atoms with Crippen molar-refractivity contribution < 1.29 is 23.9 Å². The fourth-order valence-electron chi connectivity index (χ4n) is 3.47. The van der Waals surface area contributed by atoms with Crippen molar-refractivity contribution >= 4 is 23.6 Å². The van der Waals surface area contributed by atoms with Crippen LogP contribution in [0.2, 0.25) is 0 Å². The summed E-state index contributed by atoms with van der Waals surface area (Å²) in [4.78, 5) is 49.9. The zero-order valence-electron chi connectivity index (χ0n) is 17.8. The number of rotatable bonds is 7. The molecule has 1 saturated heterocycles. The molecule has 3 aromatic rings. The van der Waals surface area contributed by atoms with Crippen molar-refractivity contribution in [3.63, 3.8) is 0 Å². The summed E-state index contributed by atoms with van der Waals surface area (Å²) in [6.07, 6.45) is 0. The van der Waals surface area contributed by atoms with Gasteiger partial charge in [-0.15, -0.1) is 0 Å². The van der Waals surface area contributed by atoms with Crippen LogP contribution in [-0.4, -0.2) is 35.2 Å². The Morgan fingerprint density at radius 1 is 0.879 bits per heavy atom. The molecule has 1 atom stereocenters. The maximum Gasteiger partial charge on any atom is 0.344 e. The molecular weight excluding hydrogens is 422 g/mol. The highest BCUT2D eigenvalue weighted by molar-refractivity contribution is 6.09. The molecule has 33 heavy (non-hydrogen) atoms. The summed E-state index contributed by atoms with van der Waals surface area (Å²) in [5.74, 6) is -1.04. The quantitative estimate of drug-likeness (QED) is 0.432. The molecule has 0 bridgehead atoms. The van der Waals surface area contributed by atoms with Gasteiger partial charge in [0.2, 0.25) is 0 Å². The average molecular weight is 443 g/mol. The fraction of sp³-hybridized carbons (Fsp3) is 0.120. The number of hydrogen-bond acceptors (Lipinski definition) is 5. The Balaban J connectivity index is 1.34. The van der Waals surface area contributed by atoms with E-state index in [1.807, 2.05) is 6.07 Å². The summed E-state index contributed by atoms with van der Waals surface area (Å²) in [6.45, 7) is 1.15. The van der Waals surface area contributed by atoms with Gasteiger partial charge in [0.15, 0.2) is 12.4 Å². The normalized spacial score (nSPS) is 17.4. The molecular formula is C25H21N3O5. The van der Waals surface area contributed by atoms with Gasteiger partial charge in [-0.2, -0.15) is 5.01 Å². The van der Waals surface area contributed by atoms with Gasteiger partial charge in [0.25, 0.3) is 11.8 Å². The standard InChI is InChI=1S/C25H21N3O5/c1-25(19-10-6-3-7-11-19)23(31)28(24(32)26-25)27-21(29)16-33-20-14-12-18(13-15-20)22(30)17-8-4-2-5-9-17/h2-15H,16H2,1H3,(H,26,32)(H,27,29)/t25-/m1/s1. The largest absolute Gasteiger partial charge is 0.484 e. The number of hydrogen-bond donors (Lipinski definition) is 2. The number of ether oxygens (including phenoxy) is 1. The summed E-state index contributed by atoms with van der Waals surface area (Å²) < 4.78 is 5.43. The summed E-state index contributed by atoms with van der Waals surface area (Å²) in [6, 6.07) is 23.3. The first kappa shape index (κ1) is 21.8. The highest BCUT2D eigenvalue weighted by atomic mass is 16.5. The van der Waals surface area contributed by atoms with Gasteiger partial charge in [0.1, 0.15) is 11.3 Å². The van der Waals surface area contributed by atoms with Gasteiger partial charge in [-0.3, -0.25) is 19.8 Å². The topological polar surface area (TPSA) is 105 Å². The zero-order valence-corrected chi connectivity index (χ0v) is 17.8. The number of hydrazine groups is 1. The van der Waals surface area contributed by atoms with Crippen LogP contribution in [0.1, 0.15) is 28.4 Å². The molecule has 0 unspecified atom stereocenters. The Hall–Kier alpha value is -4.46. The van der Waals surface area contributed by atoms with Crippen LogP contribution in [0.25, 0.3) is 0 Å². The first-order valence-corrected chi connectivity index (χ1v) is 10.2. The van der Waals surface area contributed by atoms with Gasteiger partial charge in [0, 0.05) is 11.1 Å². The number of nitrogens with zero attached hydrogens (tertiary/aromatic N) is 1. The molecule has 0 aliphatic carbocycles. The minimum absolute atomic E-state index is 0.125. The Labute approximate surface area is 190 Å².